The largest absolute Gasteiger partial charge is 0.339 e. The van der Waals surface area contributed by atoms with Crippen LogP contribution in [0.15, 0.2) is 48.5 Å². The molecule has 0 saturated carbocycles. The van der Waals surface area contributed by atoms with Crippen LogP contribution in [0.1, 0.15) is 34.0 Å². The van der Waals surface area contributed by atoms with Crippen molar-refractivity contribution in [1.29, 1.82) is 0 Å². The van der Waals surface area contributed by atoms with Crippen LogP contribution in [-0.4, -0.2) is 43.8 Å². The van der Waals surface area contributed by atoms with E-state index >= 15 is 0 Å². The van der Waals surface area contributed by atoms with Crippen molar-refractivity contribution >= 4 is 21.7 Å². The van der Waals surface area contributed by atoms with Gasteiger partial charge in [-0.1, -0.05) is 24.0 Å². The Bertz CT molecular complexity index is 1070. The smallest absolute Gasteiger partial charge is 0.267 e. The lowest BCUT2D eigenvalue weighted by molar-refractivity contribution is -0.131. The highest BCUT2D eigenvalue weighted by atomic mass is 32.2. The van der Waals surface area contributed by atoms with Crippen molar-refractivity contribution in [3.63, 3.8) is 0 Å². The van der Waals surface area contributed by atoms with Crippen LogP contribution in [0.5, 0.6) is 0 Å². The number of hydrogen-bond acceptors (Lipinski definition) is 6. The topological polar surface area (TPSA) is 139 Å². The van der Waals surface area contributed by atoms with Crippen LogP contribution >= 0.6 is 0 Å². The van der Waals surface area contributed by atoms with Gasteiger partial charge < -0.3 is 11.1 Å². The molecule has 0 radical (unpaired) electrons. The minimum absolute atomic E-state index is 0.0199. The third kappa shape index (κ3) is 7.00. The summed E-state index contributed by atoms with van der Waals surface area (Å²) in [7, 11) is -3.09. The normalized spacial score (nSPS) is 12.8. The Kier molecular flexibility index (Phi) is 7.72. The van der Waals surface area contributed by atoms with E-state index in [9.17, 15) is 18.0 Å². The lowest BCUT2D eigenvalue weighted by Crippen LogP contribution is -2.54. The Morgan fingerprint density at radius 1 is 1.03 bits per heavy atom. The molecular weight excluding hydrogens is 406 g/mol. The van der Waals surface area contributed by atoms with E-state index in [0.29, 0.717) is 16.7 Å². The third-order valence-electron chi connectivity index (χ3n) is 4.09. The van der Waals surface area contributed by atoms with Gasteiger partial charge in [-0.25, -0.2) is 13.9 Å². The molecule has 2 rings (SSSR count). The van der Waals surface area contributed by atoms with Crippen LogP contribution in [0.25, 0.3) is 0 Å². The maximum Gasteiger partial charge on any atom is 0.267 e. The average Bonchev–Trinajstić information content (AvgIpc) is 2.69. The summed E-state index contributed by atoms with van der Waals surface area (Å²) in [6.45, 7) is 1.53. The van der Waals surface area contributed by atoms with Crippen LogP contribution in [-0.2, 0) is 20.4 Å². The Labute approximate surface area is 175 Å². The number of hydrogen-bond donors (Lipinski definition) is 4. The standard InChI is InChI=1S/C21H23N3O5S/c1-14(22)19(21(26)24-27)23-20(25)18-11-9-16(10-12-18)4-3-15-5-7-17(8-6-15)13-30(2,28)29/h5-12,14,19,27H,13,22H2,1-2H3,(H,23,25)(H,24,26)/t14-,19?/m1/s1. The molecule has 158 valence electrons. The van der Waals surface area contributed by atoms with E-state index in [2.05, 4.69) is 17.2 Å². The zero-order chi connectivity index (χ0) is 22.3. The van der Waals surface area contributed by atoms with Crippen LogP contribution in [0.3, 0.4) is 0 Å². The van der Waals surface area contributed by atoms with Gasteiger partial charge in [0.1, 0.15) is 6.04 Å². The molecule has 2 amide bonds. The molecule has 0 fully saturated rings. The van der Waals surface area contributed by atoms with Crippen LogP contribution < -0.4 is 16.5 Å². The molecule has 0 aliphatic heterocycles. The molecule has 0 aromatic heterocycles. The van der Waals surface area contributed by atoms with Crippen molar-refractivity contribution in [3.8, 4) is 11.8 Å². The van der Waals surface area contributed by atoms with E-state index in [1.54, 1.807) is 48.5 Å². The predicted molar refractivity (Wildman–Crippen MR) is 112 cm³/mol. The summed E-state index contributed by atoms with van der Waals surface area (Å²) in [5, 5.41) is 11.2. The highest BCUT2D eigenvalue weighted by Gasteiger charge is 2.24. The molecular formula is C21H23N3O5S. The maximum atomic E-state index is 12.3. The van der Waals surface area contributed by atoms with E-state index in [0.717, 1.165) is 5.56 Å². The number of hydroxylamine groups is 1. The predicted octanol–water partition coefficient (Wildman–Crippen LogP) is 0.582. The first-order valence-electron chi connectivity index (χ1n) is 8.98. The fraction of sp³-hybridized carbons (Fsp3) is 0.238. The second-order valence-electron chi connectivity index (χ2n) is 6.88. The molecule has 30 heavy (non-hydrogen) atoms. The number of sulfone groups is 1. The number of rotatable bonds is 6. The summed E-state index contributed by atoms with van der Waals surface area (Å²) in [5.41, 5.74) is 9.54. The van der Waals surface area contributed by atoms with Gasteiger partial charge in [-0.05, 0) is 48.9 Å². The molecule has 0 bridgehead atoms. The van der Waals surface area contributed by atoms with E-state index in [1.807, 2.05) is 0 Å². The molecule has 5 N–H and O–H groups in total. The van der Waals surface area contributed by atoms with Crippen molar-refractivity contribution < 1.29 is 23.2 Å². The molecule has 0 spiro atoms. The fourth-order valence-corrected chi connectivity index (χ4v) is 3.36. The maximum absolute atomic E-state index is 12.3. The van der Waals surface area contributed by atoms with Gasteiger partial charge in [-0.15, -0.1) is 0 Å². The van der Waals surface area contributed by atoms with E-state index in [1.165, 1.54) is 18.7 Å². The molecule has 8 nitrogen and oxygen atoms in total. The zero-order valence-electron chi connectivity index (χ0n) is 16.5. The first-order chi connectivity index (χ1) is 14.1. The van der Waals surface area contributed by atoms with Gasteiger partial charge >= 0.3 is 0 Å². The Morgan fingerprint density at radius 2 is 1.53 bits per heavy atom. The van der Waals surface area contributed by atoms with Crippen molar-refractivity contribution in [2.75, 3.05) is 6.26 Å². The Morgan fingerprint density at radius 3 is 1.97 bits per heavy atom. The number of nitrogens with one attached hydrogen (secondary N) is 2. The summed E-state index contributed by atoms with van der Waals surface area (Å²) >= 11 is 0. The van der Waals surface area contributed by atoms with Gasteiger partial charge in [-0.2, -0.15) is 0 Å². The summed E-state index contributed by atoms with van der Waals surface area (Å²) in [6, 6.07) is 11.6. The number of amides is 2. The summed E-state index contributed by atoms with van der Waals surface area (Å²) in [5.74, 6) is 4.60. The van der Waals surface area contributed by atoms with Crippen molar-refractivity contribution in [3.05, 3.63) is 70.8 Å². The van der Waals surface area contributed by atoms with Crippen LogP contribution in [0.4, 0.5) is 0 Å². The van der Waals surface area contributed by atoms with Gasteiger partial charge in [0.05, 0.1) is 5.75 Å². The number of benzene rings is 2. The van der Waals surface area contributed by atoms with Crippen LogP contribution in [0.2, 0.25) is 0 Å². The second-order valence-corrected chi connectivity index (χ2v) is 9.02. The quantitative estimate of drug-likeness (QED) is 0.301. The van der Waals surface area contributed by atoms with Gasteiger partial charge in [0.2, 0.25) is 0 Å². The molecule has 0 aliphatic carbocycles. The van der Waals surface area contributed by atoms with Crippen molar-refractivity contribution in [1.82, 2.24) is 10.8 Å². The minimum atomic E-state index is -3.09. The molecule has 0 saturated heterocycles. The number of nitrogens with two attached hydrogens (primary N) is 1. The summed E-state index contributed by atoms with van der Waals surface area (Å²) < 4.78 is 22.6. The van der Waals surface area contributed by atoms with Crippen molar-refractivity contribution in [2.24, 2.45) is 5.73 Å². The Hall–Kier alpha value is -3.19. The first-order valence-corrected chi connectivity index (χ1v) is 11.0. The number of carbonyl (C=O) groups is 2. The summed E-state index contributed by atoms with van der Waals surface area (Å²) in [4.78, 5) is 23.9. The lowest BCUT2D eigenvalue weighted by atomic mass is 10.1. The SMILES string of the molecule is C[C@@H](N)C(NC(=O)c1ccc(C#Cc2ccc(CS(C)(=O)=O)cc2)cc1)C(=O)NO. The number of carbonyl (C=O) groups excluding carboxylic acids is 2. The summed E-state index contributed by atoms with van der Waals surface area (Å²) in [6.07, 6.45) is 1.18. The molecule has 2 aromatic carbocycles. The molecule has 2 aromatic rings. The van der Waals surface area contributed by atoms with Crippen LogP contribution in [0, 0.1) is 11.8 Å². The first kappa shape index (κ1) is 23.1. The molecule has 1 unspecified atom stereocenters. The molecule has 0 heterocycles. The lowest BCUT2D eigenvalue weighted by Gasteiger charge is -2.20. The van der Waals surface area contributed by atoms with E-state index in [4.69, 9.17) is 10.9 Å². The Balaban J connectivity index is 2.06. The van der Waals surface area contributed by atoms with Gasteiger partial charge in [0.15, 0.2) is 9.84 Å². The van der Waals surface area contributed by atoms with Gasteiger partial charge in [0.25, 0.3) is 11.8 Å². The van der Waals surface area contributed by atoms with Gasteiger partial charge in [-0.3, -0.25) is 14.8 Å². The fourth-order valence-electron chi connectivity index (χ4n) is 2.57. The molecule has 9 heteroatoms. The monoisotopic (exact) mass is 429 g/mol. The zero-order valence-corrected chi connectivity index (χ0v) is 17.4. The highest BCUT2D eigenvalue weighted by Crippen LogP contribution is 2.08. The second kappa shape index (κ2) is 10.0. The van der Waals surface area contributed by atoms with Crippen molar-refractivity contribution in [2.45, 2.75) is 24.8 Å². The van der Waals surface area contributed by atoms with Gasteiger partial charge in [0, 0.05) is 29.0 Å². The minimum Gasteiger partial charge on any atom is -0.339 e. The van der Waals surface area contributed by atoms with E-state index in [-0.39, 0.29) is 5.75 Å². The molecule has 0 aliphatic rings. The molecule has 2 atom stereocenters. The average molecular weight is 429 g/mol. The van der Waals surface area contributed by atoms with E-state index < -0.39 is 33.7 Å². The third-order valence-corrected chi connectivity index (χ3v) is 4.94. The highest BCUT2D eigenvalue weighted by molar-refractivity contribution is 7.89.